The summed E-state index contributed by atoms with van der Waals surface area (Å²) >= 11 is 0. The molecule has 292 valence electrons. The Morgan fingerprint density at radius 3 is 2.45 bits per heavy atom. The zero-order chi connectivity index (χ0) is 38.7. The lowest BCUT2D eigenvalue weighted by Crippen LogP contribution is -2.56. The van der Waals surface area contributed by atoms with E-state index in [0.717, 1.165) is 94.4 Å². The number of imidazole rings is 1. The predicted molar refractivity (Wildman–Crippen MR) is 206 cm³/mol. The molecule has 0 spiro atoms. The monoisotopic (exact) mass is 772 g/mol. The number of ether oxygens (including phenoxy) is 1. The average molecular weight is 773 g/mol. The van der Waals surface area contributed by atoms with Gasteiger partial charge in [-0.15, -0.1) is 0 Å². The van der Waals surface area contributed by atoms with E-state index in [4.69, 9.17) is 4.74 Å². The quantitative estimate of drug-likeness (QED) is 0.117. The molecular weight excluding hydrogens is 724 g/mol. The molecule has 1 aliphatic carbocycles. The molecule has 0 radical (unpaired) electrons. The Morgan fingerprint density at radius 2 is 1.76 bits per heavy atom. The van der Waals surface area contributed by atoms with Crippen molar-refractivity contribution in [2.45, 2.75) is 73.2 Å². The molecule has 0 unspecified atom stereocenters. The van der Waals surface area contributed by atoms with E-state index in [2.05, 4.69) is 37.7 Å². The molecule has 3 aromatic carbocycles. The molecule has 4 aromatic rings. The molecule has 3 aliphatic rings. The van der Waals surface area contributed by atoms with Crippen molar-refractivity contribution in [2.75, 3.05) is 44.7 Å². The fraction of sp³-hybridized carbons (Fsp3) is 0.463. The largest absolute Gasteiger partial charge is 0.453 e. The van der Waals surface area contributed by atoms with Crippen molar-refractivity contribution in [1.29, 1.82) is 0 Å². The van der Waals surface area contributed by atoms with Gasteiger partial charge in [-0.2, -0.15) is 0 Å². The van der Waals surface area contributed by atoms with E-state index in [0.29, 0.717) is 12.5 Å². The number of halogens is 1. The van der Waals surface area contributed by atoms with Crippen LogP contribution in [0.15, 0.2) is 95.0 Å². The van der Waals surface area contributed by atoms with Crippen LogP contribution < -0.4 is 10.2 Å². The highest BCUT2D eigenvalue weighted by Gasteiger charge is 2.52. The number of carbonyl (C=O) groups is 1. The third-order valence-electron chi connectivity index (χ3n) is 12.2. The zero-order valence-corrected chi connectivity index (χ0v) is 32.2. The van der Waals surface area contributed by atoms with Gasteiger partial charge in [-0.05, 0) is 98.6 Å². The Hall–Kier alpha value is -4.82. The van der Waals surface area contributed by atoms with E-state index in [9.17, 15) is 23.3 Å². The Kier molecular flexibility index (Phi) is 11.3. The number of nitro benzene ring substituents is 1. The lowest BCUT2D eigenvalue weighted by molar-refractivity contribution is -0.385. The number of sulfone groups is 1. The van der Waals surface area contributed by atoms with Crippen LogP contribution in [-0.4, -0.2) is 79.8 Å². The van der Waals surface area contributed by atoms with Crippen LogP contribution in [-0.2, 0) is 33.0 Å². The minimum Gasteiger partial charge on any atom is -0.453 e. The van der Waals surface area contributed by atoms with Gasteiger partial charge in [0.05, 0.1) is 21.8 Å². The summed E-state index contributed by atoms with van der Waals surface area (Å²) in [5.74, 6) is 1.49. The van der Waals surface area contributed by atoms with Gasteiger partial charge >= 0.3 is 6.09 Å². The maximum absolute atomic E-state index is 15.2. The van der Waals surface area contributed by atoms with E-state index in [1.165, 1.54) is 31.4 Å². The second-order valence-electron chi connectivity index (χ2n) is 15.3. The number of carbonyl (C=O) groups excluding carboxylic acids is 1. The molecule has 3 atom stereocenters. The van der Waals surface area contributed by atoms with E-state index >= 15 is 4.39 Å². The van der Waals surface area contributed by atoms with Crippen molar-refractivity contribution in [3.05, 3.63) is 113 Å². The molecule has 2 saturated heterocycles. The van der Waals surface area contributed by atoms with Crippen molar-refractivity contribution in [2.24, 2.45) is 17.8 Å². The summed E-state index contributed by atoms with van der Waals surface area (Å²) in [7, 11) is -2.51. The summed E-state index contributed by atoms with van der Waals surface area (Å²) in [5, 5.41) is 14.3. The van der Waals surface area contributed by atoms with Crippen LogP contribution in [0, 0.1) is 33.7 Å². The molecule has 3 fully saturated rings. The number of rotatable bonds is 13. The molecule has 3 heterocycles. The lowest BCUT2D eigenvalue weighted by atomic mass is 9.58. The first-order valence-electron chi connectivity index (χ1n) is 19.2. The van der Waals surface area contributed by atoms with Crippen molar-refractivity contribution in [1.82, 2.24) is 19.8 Å². The van der Waals surface area contributed by atoms with Gasteiger partial charge in [-0.25, -0.2) is 22.6 Å². The first kappa shape index (κ1) is 38.5. The number of methoxy groups -OCH3 is 1. The van der Waals surface area contributed by atoms with Crippen LogP contribution >= 0.6 is 0 Å². The van der Waals surface area contributed by atoms with E-state index in [1.807, 2.05) is 18.5 Å². The highest BCUT2D eigenvalue weighted by molar-refractivity contribution is 7.91. The Labute approximate surface area is 321 Å². The van der Waals surface area contributed by atoms with Gasteiger partial charge in [0.1, 0.15) is 11.6 Å². The number of alkyl carbamates (subject to hydrolysis) is 1. The first-order chi connectivity index (χ1) is 26.5. The summed E-state index contributed by atoms with van der Waals surface area (Å²) in [5.41, 5.74) is 1.19. The fourth-order valence-corrected chi connectivity index (χ4v) is 10.8. The van der Waals surface area contributed by atoms with Gasteiger partial charge in [-0.1, -0.05) is 31.5 Å². The summed E-state index contributed by atoms with van der Waals surface area (Å²) in [6, 6.07) is 18.8. The minimum atomic E-state index is -3.90. The number of amides is 1. The number of hydrogen-bond acceptors (Lipinski definition) is 9. The number of nitrogens with zero attached hydrogens (tertiary/aromatic N) is 5. The number of aryl methyl sites for hydroxylation is 1. The SMILES string of the molecule is CCc1nccn1C[C@@](c1cccc(F)c1)(C1CCN(CC2CN(c3ccc(S(=O)(=O)c4cccc([N+](=O)[O-])c4)cc3)C2)CC1)[C@H]1CCC[C@@H]1NC(=O)OC. The summed E-state index contributed by atoms with van der Waals surface area (Å²) in [4.78, 5) is 32.6. The molecule has 1 saturated carbocycles. The Balaban J connectivity index is 1.04. The second-order valence-corrected chi connectivity index (χ2v) is 17.2. The Bertz CT molecular complexity index is 2100. The maximum atomic E-state index is 15.2. The van der Waals surface area contributed by atoms with Gasteiger partial charge in [-0.3, -0.25) is 10.1 Å². The third kappa shape index (κ3) is 7.84. The van der Waals surface area contributed by atoms with Gasteiger partial charge < -0.3 is 24.4 Å². The molecule has 0 bridgehead atoms. The smallest absolute Gasteiger partial charge is 0.407 e. The van der Waals surface area contributed by atoms with E-state index < -0.39 is 26.3 Å². The summed E-state index contributed by atoms with van der Waals surface area (Å²) in [6.45, 7) is 7.23. The molecule has 12 nitrogen and oxygen atoms in total. The van der Waals surface area contributed by atoms with Crippen molar-refractivity contribution < 1.29 is 27.3 Å². The predicted octanol–water partition coefficient (Wildman–Crippen LogP) is 6.64. The van der Waals surface area contributed by atoms with Gasteiger partial charge in [0, 0.05) is 80.2 Å². The highest BCUT2D eigenvalue weighted by Crippen LogP contribution is 2.52. The first-order valence-corrected chi connectivity index (χ1v) is 20.7. The van der Waals surface area contributed by atoms with E-state index in [-0.39, 0.29) is 39.2 Å². The normalized spacial score (nSPS) is 20.8. The van der Waals surface area contributed by atoms with Gasteiger partial charge in [0.15, 0.2) is 0 Å². The topological polar surface area (TPSA) is 140 Å². The zero-order valence-electron chi connectivity index (χ0n) is 31.3. The number of hydrogen-bond donors (Lipinski definition) is 1. The third-order valence-corrected chi connectivity index (χ3v) is 14.0. The van der Waals surface area contributed by atoms with Crippen molar-refractivity contribution in [3.63, 3.8) is 0 Å². The number of aromatic nitrogens is 2. The molecule has 7 rings (SSSR count). The number of likely N-dealkylation sites (tertiary alicyclic amines) is 1. The number of nitrogens with one attached hydrogen (secondary N) is 1. The van der Waals surface area contributed by atoms with Crippen LogP contribution in [0.1, 0.15) is 50.4 Å². The van der Waals surface area contributed by atoms with Gasteiger partial charge in [0.2, 0.25) is 9.84 Å². The number of anilines is 1. The molecule has 2 aliphatic heterocycles. The van der Waals surface area contributed by atoms with Crippen molar-refractivity contribution >= 4 is 27.3 Å². The number of piperidine rings is 1. The van der Waals surface area contributed by atoms with Gasteiger partial charge in [0.25, 0.3) is 5.69 Å². The van der Waals surface area contributed by atoms with Crippen LogP contribution in [0.5, 0.6) is 0 Å². The van der Waals surface area contributed by atoms with Crippen LogP contribution in [0.3, 0.4) is 0 Å². The molecular formula is C41H49FN6O6S. The standard InChI is InChI=1S/C41H49FN6O6S/c1-3-39-43-19-22-46(39)28-41(31-7-4-8-32(42)23-31,37-11-6-12-38(37)44-40(49)54-2)30-17-20-45(21-18-30)25-29-26-47(27-29)33-13-15-35(16-14-33)55(52,53)36-10-5-9-34(24-36)48(50)51/h4-5,7-10,13-16,19,22-24,29-30,37-38H,3,6,11-12,17-18,20-21,25-28H2,1-2H3,(H,44,49)/t37-,38-,41-/m0/s1. The van der Waals surface area contributed by atoms with E-state index in [1.54, 1.807) is 30.3 Å². The lowest BCUT2D eigenvalue weighted by Gasteiger charge is -2.51. The van der Waals surface area contributed by atoms with Crippen molar-refractivity contribution in [3.8, 4) is 0 Å². The highest BCUT2D eigenvalue weighted by atomic mass is 32.2. The number of nitro groups is 1. The molecule has 1 amide bonds. The second kappa shape index (κ2) is 16.1. The number of benzene rings is 3. The molecule has 55 heavy (non-hydrogen) atoms. The average Bonchev–Trinajstić information content (AvgIpc) is 3.84. The minimum absolute atomic E-state index is 0.0739. The van der Waals surface area contributed by atoms with Crippen LogP contribution in [0.4, 0.5) is 20.6 Å². The maximum Gasteiger partial charge on any atom is 0.407 e. The summed E-state index contributed by atoms with van der Waals surface area (Å²) in [6.07, 6.45) is 8.82. The Morgan fingerprint density at radius 1 is 1.02 bits per heavy atom. The van der Waals surface area contributed by atoms with Crippen LogP contribution in [0.25, 0.3) is 0 Å². The molecule has 14 heteroatoms. The fourth-order valence-electron chi connectivity index (χ4n) is 9.54. The number of non-ortho nitro benzene ring substituents is 1. The molecule has 1 N–H and O–H groups in total. The molecule has 1 aromatic heterocycles. The summed E-state index contributed by atoms with van der Waals surface area (Å²) < 4.78 is 48.8. The van der Waals surface area contributed by atoms with Crippen LogP contribution in [0.2, 0.25) is 0 Å².